The summed E-state index contributed by atoms with van der Waals surface area (Å²) >= 11 is 0. The number of nitrogens with two attached hydrogens (primary N) is 1. The summed E-state index contributed by atoms with van der Waals surface area (Å²) in [6.07, 6.45) is 14.4. The molecule has 0 aromatic rings. The van der Waals surface area contributed by atoms with Gasteiger partial charge in [-0.25, -0.2) is 0 Å². The predicted molar refractivity (Wildman–Crippen MR) is 120 cm³/mol. The Morgan fingerprint density at radius 1 is 1.03 bits per heavy atom. The molecule has 6 rings (SSSR count). The van der Waals surface area contributed by atoms with Crippen LogP contribution in [-0.4, -0.2) is 24.5 Å². The van der Waals surface area contributed by atoms with Crippen molar-refractivity contribution in [1.29, 1.82) is 0 Å². The molecule has 168 valence electrons. The van der Waals surface area contributed by atoms with E-state index in [4.69, 9.17) is 15.2 Å². The highest BCUT2D eigenvalue weighted by Gasteiger charge is 2.68. The Morgan fingerprint density at radius 2 is 1.87 bits per heavy atom. The van der Waals surface area contributed by atoms with Crippen LogP contribution in [0.3, 0.4) is 0 Å². The van der Waals surface area contributed by atoms with Gasteiger partial charge in [0, 0.05) is 18.4 Å². The Kier molecular flexibility index (Phi) is 4.44. The van der Waals surface area contributed by atoms with E-state index in [0.29, 0.717) is 40.7 Å². The van der Waals surface area contributed by atoms with Crippen LogP contribution in [0.15, 0.2) is 11.6 Å². The van der Waals surface area contributed by atoms with Crippen LogP contribution in [0.4, 0.5) is 0 Å². The average molecular weight is 414 g/mol. The first kappa shape index (κ1) is 20.2. The molecule has 0 amide bonds. The Balaban J connectivity index is 1.28. The molecule has 11 atom stereocenters. The highest BCUT2D eigenvalue weighted by molar-refractivity contribution is 5.26. The van der Waals surface area contributed by atoms with Crippen molar-refractivity contribution >= 4 is 0 Å². The van der Waals surface area contributed by atoms with Crippen LogP contribution in [0.2, 0.25) is 0 Å². The summed E-state index contributed by atoms with van der Waals surface area (Å²) in [6.45, 7) is 10.9. The summed E-state index contributed by atoms with van der Waals surface area (Å²) in [5.74, 6) is 4.12. The van der Waals surface area contributed by atoms with Crippen molar-refractivity contribution in [1.82, 2.24) is 0 Å². The topological polar surface area (TPSA) is 44.5 Å². The highest BCUT2D eigenvalue weighted by Crippen LogP contribution is 2.70. The number of ether oxygens (including phenoxy) is 2. The minimum Gasteiger partial charge on any atom is -0.349 e. The van der Waals surface area contributed by atoms with Crippen molar-refractivity contribution in [2.45, 2.75) is 103 Å². The molecule has 2 heterocycles. The molecule has 0 aromatic heterocycles. The highest BCUT2D eigenvalue weighted by atomic mass is 16.7. The van der Waals surface area contributed by atoms with Gasteiger partial charge in [-0.1, -0.05) is 39.3 Å². The molecule has 2 N–H and O–H groups in total. The SMILES string of the molecule is C[C@@H]1CC[C@@]2(OC1)O[C@H]1C[C@H]3[C@@H]4CC=C5C[C@@H](N)CC[C@]5(C)[C@H]4CC[C@]3(C)[C@H]1[C@@H]2C. The summed E-state index contributed by atoms with van der Waals surface area (Å²) in [4.78, 5) is 0. The molecule has 2 saturated heterocycles. The molecule has 3 saturated carbocycles. The van der Waals surface area contributed by atoms with Gasteiger partial charge in [0.2, 0.25) is 0 Å². The lowest BCUT2D eigenvalue weighted by molar-refractivity contribution is -0.272. The second kappa shape index (κ2) is 6.58. The van der Waals surface area contributed by atoms with Crippen LogP contribution in [0.5, 0.6) is 0 Å². The fraction of sp³-hybridized carbons (Fsp3) is 0.926. The van der Waals surface area contributed by atoms with Gasteiger partial charge in [-0.15, -0.1) is 0 Å². The maximum atomic E-state index is 6.90. The molecular weight excluding hydrogens is 370 g/mol. The number of rotatable bonds is 0. The van der Waals surface area contributed by atoms with E-state index in [-0.39, 0.29) is 5.79 Å². The molecule has 4 aliphatic carbocycles. The van der Waals surface area contributed by atoms with Crippen LogP contribution in [0.25, 0.3) is 0 Å². The molecule has 0 bridgehead atoms. The first-order chi connectivity index (χ1) is 14.3. The van der Waals surface area contributed by atoms with Gasteiger partial charge in [0.05, 0.1) is 12.7 Å². The molecule has 2 aliphatic heterocycles. The second-order valence-electron chi connectivity index (χ2n) is 12.8. The van der Waals surface area contributed by atoms with Crippen LogP contribution in [0, 0.1) is 46.3 Å². The van der Waals surface area contributed by atoms with Gasteiger partial charge in [0.1, 0.15) is 0 Å². The Morgan fingerprint density at radius 3 is 2.63 bits per heavy atom. The number of allylic oxidation sites excluding steroid dienone is 1. The summed E-state index contributed by atoms with van der Waals surface area (Å²) in [5.41, 5.74) is 8.90. The van der Waals surface area contributed by atoms with E-state index >= 15 is 0 Å². The van der Waals surface area contributed by atoms with E-state index in [2.05, 4.69) is 33.8 Å². The summed E-state index contributed by atoms with van der Waals surface area (Å²) in [5, 5.41) is 0. The van der Waals surface area contributed by atoms with Gasteiger partial charge in [-0.3, -0.25) is 0 Å². The van der Waals surface area contributed by atoms with E-state index in [1.165, 1.54) is 44.9 Å². The Bertz CT molecular complexity index is 739. The molecule has 5 fully saturated rings. The van der Waals surface area contributed by atoms with Gasteiger partial charge in [0.25, 0.3) is 0 Å². The quantitative estimate of drug-likeness (QED) is 0.520. The normalized spacial score (nSPS) is 59.8. The predicted octanol–water partition coefficient (Wildman–Crippen LogP) is 5.68. The molecule has 3 nitrogen and oxygen atoms in total. The smallest absolute Gasteiger partial charge is 0.171 e. The van der Waals surface area contributed by atoms with Crippen LogP contribution < -0.4 is 5.73 Å². The third kappa shape index (κ3) is 2.55. The van der Waals surface area contributed by atoms with Crippen molar-refractivity contribution in [2.24, 2.45) is 52.1 Å². The van der Waals surface area contributed by atoms with Crippen LogP contribution in [-0.2, 0) is 9.47 Å². The zero-order valence-corrected chi connectivity index (χ0v) is 19.7. The first-order valence-corrected chi connectivity index (χ1v) is 13.0. The number of fused-ring (bicyclic) bond motifs is 7. The third-order valence-corrected chi connectivity index (χ3v) is 11.4. The fourth-order valence-electron chi connectivity index (χ4n) is 9.71. The minimum absolute atomic E-state index is 0.280. The summed E-state index contributed by atoms with van der Waals surface area (Å²) < 4.78 is 13.4. The van der Waals surface area contributed by atoms with Crippen LogP contribution in [0.1, 0.15) is 85.5 Å². The molecule has 1 spiro atoms. The van der Waals surface area contributed by atoms with Gasteiger partial charge >= 0.3 is 0 Å². The lowest BCUT2D eigenvalue weighted by Crippen LogP contribution is -2.52. The van der Waals surface area contributed by atoms with Crippen molar-refractivity contribution in [3.63, 3.8) is 0 Å². The van der Waals surface area contributed by atoms with Crippen molar-refractivity contribution in [3.05, 3.63) is 11.6 Å². The van der Waals surface area contributed by atoms with Crippen molar-refractivity contribution in [3.8, 4) is 0 Å². The fourth-order valence-corrected chi connectivity index (χ4v) is 9.71. The lowest BCUT2D eigenvalue weighted by atomic mass is 9.46. The molecule has 3 heteroatoms. The lowest BCUT2D eigenvalue weighted by Gasteiger charge is -2.58. The Labute approximate surface area is 183 Å². The van der Waals surface area contributed by atoms with Crippen molar-refractivity contribution < 1.29 is 9.47 Å². The third-order valence-electron chi connectivity index (χ3n) is 11.4. The minimum atomic E-state index is -0.280. The van der Waals surface area contributed by atoms with E-state index in [1.807, 2.05) is 0 Å². The van der Waals surface area contributed by atoms with E-state index < -0.39 is 0 Å². The zero-order valence-electron chi connectivity index (χ0n) is 19.7. The maximum Gasteiger partial charge on any atom is 0.171 e. The molecule has 6 aliphatic rings. The number of hydrogen-bond acceptors (Lipinski definition) is 3. The first-order valence-electron chi connectivity index (χ1n) is 13.0. The largest absolute Gasteiger partial charge is 0.349 e. The molecule has 0 aromatic carbocycles. The van der Waals surface area contributed by atoms with Gasteiger partial charge in [-0.05, 0) is 91.8 Å². The maximum absolute atomic E-state index is 6.90. The van der Waals surface area contributed by atoms with Gasteiger partial charge in [0.15, 0.2) is 5.79 Å². The molecule has 30 heavy (non-hydrogen) atoms. The summed E-state index contributed by atoms with van der Waals surface area (Å²) in [6, 6.07) is 0.393. The Hall–Kier alpha value is -0.380. The molecule has 0 radical (unpaired) electrons. The standard InChI is InChI=1S/C27H43NO2/c1-16-7-12-27(29-15-16)17(2)24-23(30-27)14-22-20-6-5-18-13-19(28)8-10-25(18,3)21(20)9-11-26(22,24)4/h5,16-17,19-24H,6-15,28H2,1-4H3/t16-,17+,19+,20-,21+,22+,23+,24+,25+,26+,27-/m1/s1. The molecular formula is C27H43NO2. The monoisotopic (exact) mass is 413 g/mol. The number of hydrogen-bond donors (Lipinski definition) is 1. The van der Waals surface area contributed by atoms with Gasteiger partial charge in [-0.2, -0.15) is 0 Å². The van der Waals surface area contributed by atoms with E-state index in [0.717, 1.165) is 37.2 Å². The zero-order chi connectivity index (χ0) is 20.9. The van der Waals surface area contributed by atoms with E-state index in [1.54, 1.807) is 5.57 Å². The van der Waals surface area contributed by atoms with Crippen LogP contribution >= 0.6 is 0 Å². The van der Waals surface area contributed by atoms with Gasteiger partial charge < -0.3 is 15.2 Å². The average Bonchev–Trinajstić information content (AvgIpc) is 3.16. The summed E-state index contributed by atoms with van der Waals surface area (Å²) in [7, 11) is 0. The van der Waals surface area contributed by atoms with E-state index in [9.17, 15) is 0 Å². The second-order valence-corrected chi connectivity index (χ2v) is 12.8. The molecule has 0 unspecified atom stereocenters. The van der Waals surface area contributed by atoms with Crippen molar-refractivity contribution in [2.75, 3.05) is 6.61 Å².